The van der Waals surface area contributed by atoms with Crippen LogP contribution in [0.3, 0.4) is 0 Å². The molecule has 0 atom stereocenters. The molecule has 2 heteroatoms. The first kappa shape index (κ1) is 19.1. The van der Waals surface area contributed by atoms with Crippen molar-refractivity contribution < 1.29 is 0 Å². The Morgan fingerprint density at radius 2 is 1.28 bits per heavy atom. The van der Waals surface area contributed by atoms with E-state index in [1.165, 1.54) is 43.6 Å². The summed E-state index contributed by atoms with van der Waals surface area (Å²) in [6.07, 6.45) is 0. The van der Waals surface area contributed by atoms with Gasteiger partial charge in [-0.2, -0.15) is 0 Å². The van der Waals surface area contributed by atoms with Crippen molar-refractivity contribution in [2.24, 2.45) is 0 Å². The van der Waals surface area contributed by atoms with Crippen LogP contribution in [0, 0.1) is 20.8 Å². The third-order valence-corrected chi connectivity index (χ3v) is 5.86. The van der Waals surface area contributed by atoms with Gasteiger partial charge in [0.15, 0.2) is 0 Å². The summed E-state index contributed by atoms with van der Waals surface area (Å²) in [4.78, 5) is 0. The van der Waals surface area contributed by atoms with Gasteiger partial charge in [-0.15, -0.1) is 0 Å². The van der Waals surface area contributed by atoms with E-state index in [1.807, 2.05) is 18.2 Å². The Kier molecular flexibility index (Phi) is 5.02. The van der Waals surface area contributed by atoms with E-state index in [0.29, 0.717) is 0 Å². The Balaban J connectivity index is 0.000000174. The van der Waals surface area contributed by atoms with Crippen molar-refractivity contribution in [3.8, 4) is 0 Å². The van der Waals surface area contributed by atoms with Crippen molar-refractivity contribution in [3.63, 3.8) is 0 Å². The summed E-state index contributed by atoms with van der Waals surface area (Å²) in [5, 5.41) is 7.35. The molecular weight excluding hydrogens is 349 g/mol. The lowest BCUT2D eigenvalue weighted by atomic mass is 9.87. The fourth-order valence-corrected chi connectivity index (χ4v) is 3.81. The van der Waals surface area contributed by atoms with E-state index in [1.54, 1.807) is 0 Å². The molecular formula is C27H24BN. The zero-order valence-electron chi connectivity index (χ0n) is 17.2. The summed E-state index contributed by atoms with van der Waals surface area (Å²) in [5.41, 5.74) is 11.3. The van der Waals surface area contributed by atoms with E-state index in [0.717, 1.165) is 16.5 Å². The SMILES string of the molecule is Cc1ccc(N)c(C)c1C.[B]c1cccc2ccc3cc4ccccc4cc3c12. The number of nitrogen functional groups attached to an aromatic ring is 1. The molecule has 5 rings (SSSR count). The molecule has 29 heavy (non-hydrogen) atoms. The highest BCUT2D eigenvalue weighted by molar-refractivity contribution is 6.41. The highest BCUT2D eigenvalue weighted by Gasteiger charge is 2.04. The molecule has 0 saturated carbocycles. The second-order valence-corrected chi connectivity index (χ2v) is 7.65. The van der Waals surface area contributed by atoms with Crippen molar-refractivity contribution in [3.05, 3.63) is 95.6 Å². The van der Waals surface area contributed by atoms with Gasteiger partial charge >= 0.3 is 0 Å². The van der Waals surface area contributed by atoms with E-state index < -0.39 is 0 Å². The first-order chi connectivity index (χ1) is 14.0. The number of hydrogen-bond donors (Lipinski definition) is 1. The molecule has 0 amide bonds. The summed E-state index contributed by atoms with van der Waals surface area (Å²) >= 11 is 0. The molecule has 0 unspecified atom stereocenters. The lowest BCUT2D eigenvalue weighted by Crippen LogP contribution is -2.03. The highest BCUT2D eigenvalue weighted by Crippen LogP contribution is 2.28. The van der Waals surface area contributed by atoms with Gasteiger partial charge in [-0.1, -0.05) is 66.1 Å². The minimum absolute atomic E-state index is 0.846. The first-order valence-electron chi connectivity index (χ1n) is 9.87. The fourth-order valence-electron chi connectivity index (χ4n) is 3.81. The molecule has 5 aromatic carbocycles. The summed E-state index contributed by atoms with van der Waals surface area (Å²) in [6, 6.07) is 27.3. The molecule has 0 heterocycles. The number of fused-ring (bicyclic) bond motifs is 4. The van der Waals surface area contributed by atoms with Gasteiger partial charge in [0, 0.05) is 5.69 Å². The summed E-state index contributed by atoms with van der Waals surface area (Å²) in [5.74, 6) is 0. The van der Waals surface area contributed by atoms with Crippen LogP contribution in [0.25, 0.3) is 32.3 Å². The quantitative estimate of drug-likeness (QED) is 0.150. The van der Waals surface area contributed by atoms with E-state index in [2.05, 4.69) is 81.4 Å². The largest absolute Gasteiger partial charge is 0.399 e. The molecule has 2 N–H and O–H groups in total. The highest BCUT2D eigenvalue weighted by atomic mass is 14.6. The summed E-state index contributed by atoms with van der Waals surface area (Å²) in [7, 11) is 6.17. The molecule has 5 aromatic rings. The van der Waals surface area contributed by atoms with Gasteiger partial charge in [-0.05, 0) is 88.0 Å². The van der Waals surface area contributed by atoms with Crippen LogP contribution in [0.1, 0.15) is 16.7 Å². The van der Waals surface area contributed by atoms with Crippen molar-refractivity contribution >= 4 is 51.3 Å². The Morgan fingerprint density at radius 3 is 2.00 bits per heavy atom. The van der Waals surface area contributed by atoms with Crippen LogP contribution in [-0.4, -0.2) is 7.85 Å². The van der Waals surface area contributed by atoms with Crippen LogP contribution >= 0.6 is 0 Å². The van der Waals surface area contributed by atoms with E-state index in [9.17, 15) is 0 Å². The second kappa shape index (κ2) is 7.64. The zero-order valence-corrected chi connectivity index (χ0v) is 17.2. The Bertz CT molecular complexity index is 1320. The van der Waals surface area contributed by atoms with Crippen molar-refractivity contribution in [2.45, 2.75) is 20.8 Å². The average Bonchev–Trinajstić information content (AvgIpc) is 2.74. The van der Waals surface area contributed by atoms with Gasteiger partial charge < -0.3 is 5.73 Å². The fraction of sp³-hybridized carbons (Fsp3) is 0.111. The molecule has 0 saturated heterocycles. The van der Waals surface area contributed by atoms with Gasteiger partial charge in [-0.25, -0.2) is 0 Å². The van der Waals surface area contributed by atoms with Gasteiger partial charge in [0.1, 0.15) is 7.85 Å². The maximum atomic E-state index is 6.17. The Hall–Kier alpha value is -3.26. The van der Waals surface area contributed by atoms with Gasteiger partial charge in [0.2, 0.25) is 0 Å². The van der Waals surface area contributed by atoms with Crippen molar-refractivity contribution in [1.82, 2.24) is 0 Å². The lowest BCUT2D eigenvalue weighted by Gasteiger charge is -2.09. The smallest absolute Gasteiger partial charge is 0.114 e. The number of hydrogen-bond acceptors (Lipinski definition) is 1. The van der Waals surface area contributed by atoms with Crippen LogP contribution in [0.5, 0.6) is 0 Å². The second-order valence-electron chi connectivity index (χ2n) is 7.65. The normalized spacial score (nSPS) is 10.9. The standard InChI is InChI=1S/C18H11B.C9H13N/c19-17-7-3-6-12-8-9-15-10-13-4-1-2-5-14(13)11-16(15)18(12)17;1-6-4-5-9(10)8(3)7(6)2/h1-11H;4-5H,10H2,1-3H3. The van der Waals surface area contributed by atoms with E-state index in [-0.39, 0.29) is 0 Å². The van der Waals surface area contributed by atoms with Crippen LogP contribution in [-0.2, 0) is 0 Å². The van der Waals surface area contributed by atoms with E-state index >= 15 is 0 Å². The van der Waals surface area contributed by atoms with Gasteiger partial charge in [-0.3, -0.25) is 0 Å². The molecule has 0 spiro atoms. The van der Waals surface area contributed by atoms with Crippen molar-refractivity contribution in [1.29, 1.82) is 0 Å². The lowest BCUT2D eigenvalue weighted by molar-refractivity contribution is 1.27. The predicted octanol–water partition coefficient (Wildman–Crippen LogP) is 6.13. The number of benzene rings is 5. The van der Waals surface area contributed by atoms with Gasteiger partial charge in [0.25, 0.3) is 0 Å². The predicted molar refractivity (Wildman–Crippen MR) is 129 cm³/mol. The monoisotopic (exact) mass is 373 g/mol. The topological polar surface area (TPSA) is 26.0 Å². The summed E-state index contributed by atoms with van der Waals surface area (Å²) < 4.78 is 0. The zero-order chi connectivity index (χ0) is 20.5. The van der Waals surface area contributed by atoms with Crippen LogP contribution in [0.2, 0.25) is 0 Å². The molecule has 0 aliphatic carbocycles. The first-order valence-corrected chi connectivity index (χ1v) is 9.87. The maximum absolute atomic E-state index is 6.17. The number of aryl methyl sites for hydroxylation is 1. The maximum Gasteiger partial charge on any atom is 0.114 e. The van der Waals surface area contributed by atoms with Crippen molar-refractivity contribution in [2.75, 3.05) is 5.73 Å². The van der Waals surface area contributed by atoms with Gasteiger partial charge in [0.05, 0.1) is 0 Å². The number of anilines is 1. The Labute approximate surface area is 173 Å². The summed E-state index contributed by atoms with van der Waals surface area (Å²) in [6.45, 7) is 6.25. The number of nitrogens with two attached hydrogens (primary N) is 1. The van der Waals surface area contributed by atoms with Crippen LogP contribution in [0.15, 0.2) is 78.9 Å². The molecule has 0 aromatic heterocycles. The molecule has 2 radical (unpaired) electrons. The minimum atomic E-state index is 0.846. The molecule has 0 fully saturated rings. The molecule has 0 aliphatic heterocycles. The molecule has 140 valence electrons. The Morgan fingerprint density at radius 1 is 0.621 bits per heavy atom. The van der Waals surface area contributed by atoms with E-state index in [4.69, 9.17) is 13.6 Å². The van der Waals surface area contributed by atoms with Crippen LogP contribution in [0.4, 0.5) is 5.69 Å². The third-order valence-electron chi connectivity index (χ3n) is 5.86. The average molecular weight is 373 g/mol. The molecule has 0 bridgehead atoms. The molecule has 0 aliphatic rings. The minimum Gasteiger partial charge on any atom is -0.399 e. The third kappa shape index (κ3) is 3.59. The van der Waals surface area contributed by atoms with Crippen LogP contribution < -0.4 is 11.2 Å². The molecule has 1 nitrogen and oxygen atoms in total. The number of rotatable bonds is 0.